The molecule has 0 aliphatic heterocycles. The number of carboxylic acid groups (broad SMARTS) is 3. The second kappa shape index (κ2) is 7.58. The van der Waals surface area contributed by atoms with Gasteiger partial charge in [-0.3, -0.25) is 14.4 Å². The standard InChI is InChI=1S/C9H16N2O6.H2O/c10-4-2-1-3-9(11,8(16)17)5(6(12)13)7(14)15;/h5H,1-4,10-11H2,(H,12,13)(H,14,15)(H,16,17);1H2. The van der Waals surface area contributed by atoms with E-state index in [0.29, 0.717) is 13.0 Å². The first kappa shape index (κ1) is 18.6. The van der Waals surface area contributed by atoms with Crippen LogP contribution in [0.5, 0.6) is 0 Å². The smallest absolute Gasteiger partial charge is 0.325 e. The van der Waals surface area contributed by atoms with Gasteiger partial charge in [0.1, 0.15) is 5.54 Å². The molecule has 1 atom stereocenters. The van der Waals surface area contributed by atoms with Crippen LogP contribution in [0.3, 0.4) is 0 Å². The minimum absolute atomic E-state index is 0. The average molecular weight is 266 g/mol. The third-order valence-electron chi connectivity index (χ3n) is 2.45. The predicted molar refractivity (Wildman–Crippen MR) is 59.8 cm³/mol. The fourth-order valence-electron chi connectivity index (χ4n) is 1.48. The van der Waals surface area contributed by atoms with Crippen LogP contribution in [0, 0.1) is 5.92 Å². The normalized spacial score (nSPS) is 13.5. The Kier molecular flexibility index (Phi) is 7.86. The molecule has 18 heavy (non-hydrogen) atoms. The Morgan fingerprint density at radius 1 is 1.06 bits per heavy atom. The molecule has 0 spiro atoms. The molecule has 0 aliphatic rings. The van der Waals surface area contributed by atoms with Crippen molar-refractivity contribution in [2.75, 3.05) is 6.54 Å². The minimum atomic E-state index is -2.33. The number of hydrogen-bond donors (Lipinski definition) is 5. The van der Waals surface area contributed by atoms with Gasteiger partial charge < -0.3 is 32.3 Å². The molecule has 0 amide bonds. The molecule has 0 radical (unpaired) electrons. The number of unbranched alkanes of at least 4 members (excludes halogenated alkanes) is 1. The molecule has 0 bridgehead atoms. The second-order valence-corrected chi connectivity index (χ2v) is 3.70. The van der Waals surface area contributed by atoms with Crippen molar-refractivity contribution < 1.29 is 35.2 Å². The summed E-state index contributed by atoms with van der Waals surface area (Å²) in [5.41, 5.74) is 8.31. The summed E-state index contributed by atoms with van der Waals surface area (Å²) in [4.78, 5) is 32.5. The second-order valence-electron chi connectivity index (χ2n) is 3.70. The molecular formula is C9H18N2O7. The van der Waals surface area contributed by atoms with Crippen LogP contribution < -0.4 is 11.5 Å². The largest absolute Gasteiger partial charge is 0.481 e. The van der Waals surface area contributed by atoms with Crippen LogP contribution in [0.4, 0.5) is 0 Å². The molecule has 0 aliphatic carbocycles. The number of aliphatic carboxylic acids is 3. The number of hydrogen-bond acceptors (Lipinski definition) is 5. The van der Waals surface area contributed by atoms with E-state index < -0.39 is 29.4 Å². The van der Waals surface area contributed by atoms with Gasteiger partial charge in [-0.2, -0.15) is 0 Å². The third-order valence-corrected chi connectivity index (χ3v) is 2.45. The molecule has 9 heteroatoms. The van der Waals surface area contributed by atoms with E-state index in [1.807, 2.05) is 0 Å². The van der Waals surface area contributed by atoms with Gasteiger partial charge in [0.05, 0.1) is 0 Å². The highest BCUT2D eigenvalue weighted by molar-refractivity contribution is 6.00. The van der Waals surface area contributed by atoms with Crippen molar-refractivity contribution in [2.45, 2.75) is 24.8 Å². The molecule has 0 fully saturated rings. The summed E-state index contributed by atoms with van der Waals surface area (Å²) in [7, 11) is 0. The summed E-state index contributed by atoms with van der Waals surface area (Å²) in [5, 5.41) is 26.4. The van der Waals surface area contributed by atoms with Crippen LogP contribution in [0.2, 0.25) is 0 Å². The molecule has 0 aromatic carbocycles. The Morgan fingerprint density at radius 3 is 1.78 bits per heavy atom. The van der Waals surface area contributed by atoms with Gasteiger partial charge in [-0.15, -0.1) is 0 Å². The van der Waals surface area contributed by atoms with Gasteiger partial charge in [0.15, 0.2) is 5.92 Å². The molecule has 0 saturated heterocycles. The first-order valence-corrected chi connectivity index (χ1v) is 4.95. The van der Waals surface area contributed by atoms with Gasteiger partial charge in [-0.1, -0.05) is 0 Å². The third kappa shape index (κ3) is 4.28. The summed E-state index contributed by atoms with van der Waals surface area (Å²) in [6.07, 6.45) is 0.428. The van der Waals surface area contributed by atoms with Crippen LogP contribution in [-0.4, -0.2) is 50.8 Å². The van der Waals surface area contributed by atoms with E-state index in [0.717, 1.165) is 0 Å². The van der Waals surface area contributed by atoms with E-state index in [1.54, 1.807) is 0 Å². The molecule has 1 unspecified atom stereocenters. The number of nitrogens with two attached hydrogens (primary N) is 2. The molecule has 9 nitrogen and oxygen atoms in total. The molecule has 0 saturated carbocycles. The van der Waals surface area contributed by atoms with Gasteiger partial charge >= 0.3 is 17.9 Å². The molecule has 0 heterocycles. The number of rotatable bonds is 8. The Bertz CT molecular complexity index is 306. The fourth-order valence-corrected chi connectivity index (χ4v) is 1.48. The Balaban J connectivity index is 0. The Hall–Kier alpha value is -1.71. The van der Waals surface area contributed by atoms with Crippen molar-refractivity contribution in [3.8, 4) is 0 Å². The summed E-state index contributed by atoms with van der Waals surface area (Å²) in [6, 6.07) is 0. The molecular weight excluding hydrogens is 248 g/mol. The maximum Gasteiger partial charge on any atom is 0.325 e. The van der Waals surface area contributed by atoms with Gasteiger partial charge in [0, 0.05) is 0 Å². The topological polar surface area (TPSA) is 195 Å². The number of carboxylic acids is 3. The Morgan fingerprint density at radius 2 is 1.50 bits per heavy atom. The van der Waals surface area contributed by atoms with E-state index in [4.69, 9.17) is 26.8 Å². The zero-order valence-corrected chi connectivity index (χ0v) is 9.63. The van der Waals surface area contributed by atoms with Gasteiger partial charge in [-0.25, -0.2) is 0 Å². The van der Waals surface area contributed by atoms with Gasteiger partial charge in [0.2, 0.25) is 0 Å². The highest BCUT2D eigenvalue weighted by Crippen LogP contribution is 2.23. The van der Waals surface area contributed by atoms with Crippen molar-refractivity contribution in [3.63, 3.8) is 0 Å². The lowest BCUT2D eigenvalue weighted by Crippen LogP contribution is -2.59. The molecule has 0 aromatic rings. The van der Waals surface area contributed by atoms with Gasteiger partial charge in [-0.05, 0) is 25.8 Å². The summed E-state index contributed by atoms with van der Waals surface area (Å²) in [6.45, 7) is 0.292. The van der Waals surface area contributed by atoms with E-state index >= 15 is 0 Å². The van der Waals surface area contributed by atoms with Crippen molar-refractivity contribution in [1.82, 2.24) is 0 Å². The van der Waals surface area contributed by atoms with Crippen LogP contribution in [0.1, 0.15) is 19.3 Å². The fraction of sp³-hybridized carbons (Fsp3) is 0.667. The summed E-state index contributed by atoms with van der Waals surface area (Å²) >= 11 is 0. The molecule has 0 rings (SSSR count). The lowest BCUT2D eigenvalue weighted by atomic mass is 9.80. The van der Waals surface area contributed by atoms with E-state index in [1.165, 1.54) is 0 Å². The van der Waals surface area contributed by atoms with Crippen molar-refractivity contribution in [3.05, 3.63) is 0 Å². The first-order valence-electron chi connectivity index (χ1n) is 4.95. The molecule has 9 N–H and O–H groups in total. The lowest BCUT2D eigenvalue weighted by Gasteiger charge is -2.28. The number of carbonyl (C=O) groups is 3. The highest BCUT2D eigenvalue weighted by atomic mass is 16.4. The lowest BCUT2D eigenvalue weighted by molar-refractivity contribution is -0.166. The van der Waals surface area contributed by atoms with Crippen molar-refractivity contribution in [1.29, 1.82) is 0 Å². The van der Waals surface area contributed by atoms with Crippen LogP contribution in [0.25, 0.3) is 0 Å². The zero-order valence-electron chi connectivity index (χ0n) is 9.63. The van der Waals surface area contributed by atoms with Crippen LogP contribution in [0.15, 0.2) is 0 Å². The zero-order chi connectivity index (χ0) is 13.6. The highest BCUT2D eigenvalue weighted by Gasteiger charge is 2.50. The van der Waals surface area contributed by atoms with Crippen molar-refractivity contribution >= 4 is 17.9 Å². The maximum atomic E-state index is 11.0. The van der Waals surface area contributed by atoms with Crippen molar-refractivity contribution in [2.24, 2.45) is 17.4 Å². The van der Waals surface area contributed by atoms with E-state index in [2.05, 4.69) is 0 Å². The monoisotopic (exact) mass is 266 g/mol. The quantitative estimate of drug-likeness (QED) is 0.242. The van der Waals surface area contributed by atoms with Gasteiger partial charge in [0.25, 0.3) is 0 Å². The molecule has 106 valence electrons. The Labute approximate surface area is 103 Å². The SMILES string of the molecule is NCCCCC(N)(C(=O)O)C(C(=O)O)C(=O)O.O. The summed E-state index contributed by atoms with van der Waals surface area (Å²) in [5.74, 6) is -7.37. The molecule has 0 aromatic heterocycles. The van der Waals surface area contributed by atoms with E-state index in [-0.39, 0.29) is 18.3 Å². The summed E-state index contributed by atoms with van der Waals surface area (Å²) < 4.78 is 0. The maximum absolute atomic E-state index is 11.0. The average Bonchev–Trinajstić information content (AvgIpc) is 2.16. The predicted octanol–water partition coefficient (Wildman–Crippen LogP) is -2.14. The van der Waals surface area contributed by atoms with E-state index in [9.17, 15) is 14.4 Å². The first-order chi connectivity index (χ1) is 7.77. The van der Waals surface area contributed by atoms with Crippen LogP contribution in [-0.2, 0) is 14.4 Å². The minimum Gasteiger partial charge on any atom is -0.481 e. The van der Waals surface area contributed by atoms with Crippen LogP contribution >= 0.6 is 0 Å².